The van der Waals surface area contributed by atoms with Crippen LogP contribution in [0.25, 0.3) is 0 Å². The third-order valence-electron chi connectivity index (χ3n) is 6.18. The van der Waals surface area contributed by atoms with Crippen LogP contribution in [0, 0.1) is 0 Å². The first-order chi connectivity index (χ1) is 14.7. The van der Waals surface area contributed by atoms with E-state index in [4.69, 9.17) is 0 Å². The van der Waals surface area contributed by atoms with Crippen LogP contribution in [0.5, 0.6) is 0 Å². The van der Waals surface area contributed by atoms with Crippen LogP contribution < -0.4 is 0 Å². The van der Waals surface area contributed by atoms with Crippen LogP contribution in [-0.4, -0.2) is 12.4 Å². The highest BCUT2D eigenvalue weighted by molar-refractivity contribution is 7.19. The molecule has 0 aliphatic heterocycles. The van der Waals surface area contributed by atoms with Crippen LogP contribution in [0.3, 0.4) is 0 Å². The maximum absolute atomic E-state index is 9.75. The second-order valence-electron chi connectivity index (χ2n) is 9.55. The van der Waals surface area contributed by atoms with E-state index in [1.165, 1.54) is 135 Å². The molecular weight excluding hydrogens is 418 g/mol. The molecule has 0 spiro atoms. The fraction of sp³-hybridized carbons (Fsp3) is 1.00. The summed E-state index contributed by atoms with van der Waals surface area (Å²) in [6.45, 7) is 6.96. The Hall–Kier alpha value is 0.215. The van der Waals surface area contributed by atoms with Crippen molar-refractivity contribution in [2.24, 2.45) is 0 Å². The van der Waals surface area contributed by atoms with Gasteiger partial charge in [0.1, 0.15) is 0 Å². The Morgan fingerprint density at radius 3 is 0.871 bits per heavy atom. The number of rotatable bonds is 21. The second-order valence-corrected chi connectivity index (χ2v) is 11.0. The molecule has 6 heteroatoms. The SMILES string of the molecule is CCCCCCCCC([PH3+])(CCCCCCCC)CCCCCCCC.F[B-](F)(F)F. The largest absolute Gasteiger partial charge is 0.673 e. The van der Waals surface area contributed by atoms with Crippen molar-refractivity contribution in [3.05, 3.63) is 0 Å². The van der Waals surface area contributed by atoms with Gasteiger partial charge in [-0.2, -0.15) is 0 Å². The number of unbranched alkanes of at least 4 members (excludes halogenated alkanes) is 15. The third-order valence-corrected chi connectivity index (χ3v) is 7.24. The summed E-state index contributed by atoms with van der Waals surface area (Å²) in [6.07, 6.45) is 30.6. The molecule has 1 atom stereocenters. The molecule has 0 bridgehead atoms. The van der Waals surface area contributed by atoms with Crippen molar-refractivity contribution in [1.29, 1.82) is 0 Å². The number of hydrogen-bond acceptors (Lipinski definition) is 0. The van der Waals surface area contributed by atoms with E-state index in [9.17, 15) is 17.3 Å². The van der Waals surface area contributed by atoms with Crippen molar-refractivity contribution in [2.45, 2.75) is 161 Å². The smallest absolute Gasteiger partial charge is 0.418 e. The highest BCUT2D eigenvalue weighted by Gasteiger charge is 2.28. The first kappa shape index (κ1) is 33.4. The molecule has 0 heterocycles. The van der Waals surface area contributed by atoms with Gasteiger partial charge in [0, 0.05) is 0 Å². The Kier molecular flexibility index (Phi) is 25.2. The van der Waals surface area contributed by atoms with Gasteiger partial charge in [-0.1, -0.05) is 117 Å². The van der Waals surface area contributed by atoms with Gasteiger partial charge in [0.25, 0.3) is 0 Å². The predicted molar refractivity (Wildman–Crippen MR) is 138 cm³/mol. The minimum Gasteiger partial charge on any atom is -0.418 e. The van der Waals surface area contributed by atoms with Crippen LogP contribution in [0.1, 0.15) is 156 Å². The monoisotopic (exact) mass is 472 g/mol. The van der Waals surface area contributed by atoms with Crippen molar-refractivity contribution in [1.82, 2.24) is 0 Å². The zero-order chi connectivity index (χ0) is 23.8. The summed E-state index contributed by atoms with van der Waals surface area (Å²) < 4.78 is 39.0. The minimum absolute atomic E-state index is 0.667. The van der Waals surface area contributed by atoms with Crippen molar-refractivity contribution >= 4 is 16.5 Å². The van der Waals surface area contributed by atoms with Gasteiger partial charge in [-0.15, -0.1) is 0 Å². The molecule has 0 aliphatic rings. The highest BCUT2D eigenvalue weighted by atomic mass is 31.0. The average molecular weight is 472 g/mol. The lowest BCUT2D eigenvalue weighted by atomic mass is 9.88. The Morgan fingerprint density at radius 1 is 0.452 bits per heavy atom. The molecule has 0 amide bonds. The lowest BCUT2D eigenvalue weighted by molar-refractivity contribution is 0.368. The maximum Gasteiger partial charge on any atom is 0.673 e. The fourth-order valence-electron chi connectivity index (χ4n) is 4.22. The Labute approximate surface area is 194 Å². The van der Waals surface area contributed by atoms with Gasteiger partial charge in [0.05, 0.1) is 5.16 Å². The lowest BCUT2D eigenvalue weighted by Gasteiger charge is -2.25. The van der Waals surface area contributed by atoms with Crippen LogP contribution in [-0.2, 0) is 0 Å². The highest BCUT2D eigenvalue weighted by Crippen LogP contribution is 2.37. The standard InChI is InChI=1S/C25H53P.BF4/c1-4-7-10-13-16-19-22-25(26,23-20-17-14-11-8-5-2)24-21-18-15-12-9-6-3;2-1(3,4)5/h4-24,26H2,1-3H3;/q;-1/p+1. The first-order valence-electron chi connectivity index (χ1n) is 13.4. The van der Waals surface area contributed by atoms with Gasteiger partial charge in [0.15, 0.2) is 0 Å². The molecule has 0 aromatic carbocycles. The van der Waals surface area contributed by atoms with E-state index >= 15 is 0 Å². The molecule has 0 saturated heterocycles. The van der Waals surface area contributed by atoms with E-state index in [0.717, 1.165) is 0 Å². The molecule has 31 heavy (non-hydrogen) atoms. The van der Waals surface area contributed by atoms with Crippen molar-refractivity contribution in [3.63, 3.8) is 0 Å². The zero-order valence-electron chi connectivity index (χ0n) is 21.1. The molecule has 0 aromatic rings. The van der Waals surface area contributed by atoms with E-state index < -0.39 is 7.25 Å². The van der Waals surface area contributed by atoms with Crippen molar-refractivity contribution in [3.8, 4) is 0 Å². The van der Waals surface area contributed by atoms with Gasteiger partial charge in [-0.05, 0) is 47.8 Å². The Bertz CT molecular complexity index is 304. The normalized spacial score (nSPS) is 12.1. The Balaban J connectivity index is 0. The van der Waals surface area contributed by atoms with Gasteiger partial charge in [-0.3, -0.25) is 0 Å². The predicted octanol–water partition coefficient (Wildman–Crippen LogP) is 10.9. The molecule has 0 N–H and O–H groups in total. The first-order valence-corrected chi connectivity index (χ1v) is 14.1. The number of hydrogen-bond donors (Lipinski definition) is 0. The molecule has 0 fully saturated rings. The summed E-state index contributed by atoms with van der Waals surface area (Å²) in [5.41, 5.74) is 0. The zero-order valence-corrected chi connectivity index (χ0v) is 22.6. The lowest BCUT2D eigenvalue weighted by Crippen LogP contribution is -2.20. The summed E-state index contributed by atoms with van der Waals surface area (Å²) in [4.78, 5) is 0. The molecule has 0 rings (SSSR count). The van der Waals surface area contributed by atoms with Gasteiger partial charge < -0.3 is 17.3 Å². The van der Waals surface area contributed by atoms with Crippen LogP contribution in [0.15, 0.2) is 0 Å². The Morgan fingerprint density at radius 2 is 0.645 bits per heavy atom. The van der Waals surface area contributed by atoms with E-state index in [-0.39, 0.29) is 0 Å². The molecule has 1 unspecified atom stereocenters. The molecule has 0 nitrogen and oxygen atoms in total. The van der Waals surface area contributed by atoms with Gasteiger partial charge >= 0.3 is 7.25 Å². The van der Waals surface area contributed by atoms with Crippen molar-refractivity contribution < 1.29 is 17.3 Å². The van der Waals surface area contributed by atoms with E-state index in [2.05, 4.69) is 30.0 Å². The van der Waals surface area contributed by atoms with Crippen LogP contribution in [0.4, 0.5) is 17.3 Å². The average Bonchev–Trinajstić information content (AvgIpc) is 2.69. The maximum atomic E-state index is 9.75. The summed E-state index contributed by atoms with van der Waals surface area (Å²) in [6, 6.07) is 0. The molecule has 0 radical (unpaired) electrons. The molecule has 190 valence electrons. The van der Waals surface area contributed by atoms with Crippen LogP contribution >= 0.6 is 9.24 Å². The molecule has 0 aromatic heterocycles. The van der Waals surface area contributed by atoms with E-state index in [1.807, 2.05) is 0 Å². The van der Waals surface area contributed by atoms with E-state index in [0.29, 0.717) is 5.16 Å². The van der Waals surface area contributed by atoms with Gasteiger partial charge in [-0.25, -0.2) is 0 Å². The van der Waals surface area contributed by atoms with Crippen molar-refractivity contribution in [2.75, 3.05) is 0 Å². The summed E-state index contributed by atoms with van der Waals surface area (Å²) in [5.74, 6) is 0. The third kappa shape index (κ3) is 32.5. The molecular formula is C25H54BF4P. The summed E-state index contributed by atoms with van der Waals surface area (Å²) in [7, 11) is -3.62. The summed E-state index contributed by atoms with van der Waals surface area (Å²) >= 11 is 0. The number of halogens is 4. The summed E-state index contributed by atoms with van der Waals surface area (Å²) in [5, 5.41) is 0.667. The molecule has 0 saturated carbocycles. The topological polar surface area (TPSA) is 0 Å². The molecule has 0 aliphatic carbocycles. The van der Waals surface area contributed by atoms with Gasteiger partial charge in [0.2, 0.25) is 0 Å². The minimum atomic E-state index is -6.00. The van der Waals surface area contributed by atoms with Crippen LogP contribution in [0.2, 0.25) is 0 Å². The van der Waals surface area contributed by atoms with E-state index in [1.54, 1.807) is 0 Å². The fourth-order valence-corrected chi connectivity index (χ4v) is 4.97. The quantitative estimate of drug-likeness (QED) is 0.0674. The second kappa shape index (κ2) is 23.4.